The van der Waals surface area contributed by atoms with Gasteiger partial charge >= 0.3 is 6.03 Å². The van der Waals surface area contributed by atoms with Gasteiger partial charge in [-0.05, 0) is 38.1 Å². The van der Waals surface area contributed by atoms with E-state index in [9.17, 15) is 4.79 Å². The molecule has 1 aliphatic rings. The Morgan fingerprint density at radius 2 is 1.66 bits per heavy atom. The zero-order valence-electron chi connectivity index (χ0n) is 18.1. The molecular weight excluding hydrogens is 408 g/mol. The Morgan fingerprint density at radius 1 is 0.906 bits per heavy atom. The summed E-state index contributed by atoms with van der Waals surface area (Å²) in [6.07, 6.45) is 0. The van der Waals surface area contributed by atoms with Crippen molar-refractivity contribution in [2.75, 3.05) is 42.3 Å². The van der Waals surface area contributed by atoms with Gasteiger partial charge in [0.25, 0.3) is 0 Å². The highest BCUT2D eigenvalue weighted by molar-refractivity contribution is 5.89. The number of amides is 2. The fourth-order valence-corrected chi connectivity index (χ4v) is 3.14. The van der Waals surface area contributed by atoms with Crippen molar-refractivity contribution in [1.82, 2.24) is 15.3 Å². The molecule has 9 heteroatoms. The number of aryl methyl sites for hydroxylation is 2. The lowest BCUT2D eigenvalue weighted by atomic mass is 10.2. The van der Waals surface area contributed by atoms with E-state index in [1.165, 1.54) is 5.56 Å². The molecule has 0 saturated carbocycles. The Balaban J connectivity index is 1.25. The SMILES string of the molecule is Cc1ccc(Nc2cc(C)nc(NCCNC(=O)Nc3ccc4c(c3)OCCO4)n2)cc1. The molecule has 166 valence electrons. The third-order valence-electron chi connectivity index (χ3n) is 4.67. The molecule has 1 aromatic heterocycles. The van der Waals surface area contributed by atoms with Crippen LogP contribution in [0.25, 0.3) is 0 Å². The molecule has 0 unspecified atom stereocenters. The van der Waals surface area contributed by atoms with E-state index >= 15 is 0 Å². The summed E-state index contributed by atoms with van der Waals surface area (Å²) in [6.45, 7) is 5.85. The summed E-state index contributed by atoms with van der Waals surface area (Å²) in [5, 5.41) is 12.0. The van der Waals surface area contributed by atoms with Gasteiger partial charge in [-0.1, -0.05) is 17.7 Å². The summed E-state index contributed by atoms with van der Waals surface area (Å²) in [7, 11) is 0. The maximum absolute atomic E-state index is 12.2. The van der Waals surface area contributed by atoms with E-state index < -0.39 is 0 Å². The Morgan fingerprint density at radius 3 is 2.47 bits per heavy atom. The van der Waals surface area contributed by atoms with E-state index in [1.807, 2.05) is 44.2 Å². The van der Waals surface area contributed by atoms with Crippen molar-refractivity contribution in [3.8, 4) is 11.5 Å². The van der Waals surface area contributed by atoms with Crippen molar-refractivity contribution >= 4 is 29.2 Å². The largest absolute Gasteiger partial charge is 0.486 e. The van der Waals surface area contributed by atoms with Gasteiger partial charge < -0.3 is 30.7 Å². The zero-order chi connectivity index (χ0) is 22.3. The minimum absolute atomic E-state index is 0.310. The highest BCUT2D eigenvalue weighted by atomic mass is 16.6. The quantitative estimate of drug-likeness (QED) is 0.418. The summed E-state index contributed by atoms with van der Waals surface area (Å²) in [6, 6.07) is 15.0. The van der Waals surface area contributed by atoms with E-state index in [0.717, 1.165) is 11.4 Å². The normalized spacial score (nSPS) is 12.1. The molecule has 0 bridgehead atoms. The first-order valence-corrected chi connectivity index (χ1v) is 10.4. The molecule has 1 aliphatic heterocycles. The number of ether oxygens (including phenoxy) is 2. The molecule has 9 nitrogen and oxygen atoms in total. The predicted octanol–water partition coefficient (Wildman–Crippen LogP) is 3.84. The van der Waals surface area contributed by atoms with Gasteiger partial charge in [0.1, 0.15) is 19.0 Å². The number of aromatic nitrogens is 2. The first kappa shape index (κ1) is 21.2. The molecule has 0 radical (unpaired) electrons. The number of urea groups is 1. The van der Waals surface area contributed by atoms with Crippen LogP contribution in [0.5, 0.6) is 11.5 Å². The molecule has 2 heterocycles. The van der Waals surface area contributed by atoms with E-state index in [2.05, 4.69) is 31.2 Å². The molecule has 2 amide bonds. The Hall–Kier alpha value is -4.01. The number of rotatable bonds is 7. The second-order valence-electron chi connectivity index (χ2n) is 7.38. The third kappa shape index (κ3) is 5.78. The molecular formula is C23H26N6O3. The topological polar surface area (TPSA) is 109 Å². The summed E-state index contributed by atoms with van der Waals surface area (Å²) >= 11 is 0. The van der Waals surface area contributed by atoms with Crippen LogP contribution in [0.4, 0.5) is 27.9 Å². The maximum Gasteiger partial charge on any atom is 0.319 e. The van der Waals surface area contributed by atoms with Crippen LogP contribution in [0.15, 0.2) is 48.5 Å². The molecule has 2 aromatic carbocycles. The summed E-state index contributed by atoms with van der Waals surface area (Å²) in [5.41, 5.74) is 3.62. The highest BCUT2D eigenvalue weighted by Gasteiger charge is 2.12. The maximum atomic E-state index is 12.2. The van der Waals surface area contributed by atoms with Crippen LogP contribution in [-0.2, 0) is 0 Å². The van der Waals surface area contributed by atoms with Gasteiger partial charge in [0.2, 0.25) is 5.95 Å². The van der Waals surface area contributed by atoms with Crippen LogP contribution < -0.4 is 30.7 Å². The van der Waals surface area contributed by atoms with Gasteiger partial charge in [-0.2, -0.15) is 4.98 Å². The standard InChI is InChI=1S/C23H26N6O3/c1-15-3-5-17(6-4-15)27-21-13-16(2)26-22(29-21)24-9-10-25-23(30)28-18-7-8-19-20(14-18)32-12-11-31-19/h3-8,13-14H,9-12H2,1-2H3,(H2,25,28,30)(H2,24,26,27,29). The third-order valence-corrected chi connectivity index (χ3v) is 4.67. The van der Waals surface area contributed by atoms with Crippen LogP contribution in [0.2, 0.25) is 0 Å². The van der Waals surface area contributed by atoms with Gasteiger partial charge in [-0.25, -0.2) is 9.78 Å². The fraction of sp³-hybridized carbons (Fsp3) is 0.261. The number of nitrogens with zero attached hydrogens (tertiary/aromatic N) is 2. The minimum atomic E-state index is -0.310. The van der Waals surface area contributed by atoms with Gasteiger partial charge in [0, 0.05) is 42.3 Å². The number of nitrogens with one attached hydrogen (secondary N) is 4. The van der Waals surface area contributed by atoms with Crippen LogP contribution in [0.1, 0.15) is 11.3 Å². The average molecular weight is 435 g/mol. The lowest BCUT2D eigenvalue weighted by molar-refractivity contribution is 0.171. The highest BCUT2D eigenvalue weighted by Crippen LogP contribution is 2.32. The smallest absolute Gasteiger partial charge is 0.319 e. The van der Waals surface area contributed by atoms with Crippen molar-refractivity contribution < 1.29 is 14.3 Å². The van der Waals surface area contributed by atoms with E-state index in [4.69, 9.17) is 9.47 Å². The first-order valence-electron chi connectivity index (χ1n) is 10.4. The second-order valence-corrected chi connectivity index (χ2v) is 7.38. The van der Waals surface area contributed by atoms with Crippen molar-refractivity contribution in [1.29, 1.82) is 0 Å². The Bertz CT molecular complexity index is 1090. The van der Waals surface area contributed by atoms with E-state index in [0.29, 0.717) is 55.3 Å². The molecule has 0 atom stereocenters. The summed E-state index contributed by atoms with van der Waals surface area (Å²) < 4.78 is 11.0. The second kappa shape index (κ2) is 9.86. The zero-order valence-corrected chi connectivity index (χ0v) is 18.1. The molecule has 32 heavy (non-hydrogen) atoms. The molecule has 0 saturated heterocycles. The molecule has 0 aliphatic carbocycles. The number of carbonyl (C=O) groups is 1. The monoisotopic (exact) mass is 434 g/mol. The molecule has 4 N–H and O–H groups in total. The molecule has 0 fully saturated rings. The summed E-state index contributed by atoms with van der Waals surface area (Å²) in [5.74, 6) is 2.50. The number of benzene rings is 2. The number of carbonyl (C=O) groups excluding carboxylic acids is 1. The molecule has 0 spiro atoms. The van der Waals surface area contributed by atoms with Crippen LogP contribution in [0, 0.1) is 13.8 Å². The average Bonchev–Trinajstić information content (AvgIpc) is 2.78. The first-order chi connectivity index (χ1) is 15.5. The number of hydrogen-bond acceptors (Lipinski definition) is 7. The Labute approximate surface area is 186 Å². The number of hydrogen-bond donors (Lipinski definition) is 4. The van der Waals surface area contributed by atoms with Crippen molar-refractivity contribution in [3.05, 3.63) is 59.8 Å². The van der Waals surface area contributed by atoms with Crippen LogP contribution >= 0.6 is 0 Å². The van der Waals surface area contributed by atoms with Crippen LogP contribution in [0.3, 0.4) is 0 Å². The molecule has 3 aromatic rings. The number of fused-ring (bicyclic) bond motifs is 1. The summed E-state index contributed by atoms with van der Waals surface area (Å²) in [4.78, 5) is 21.1. The fourth-order valence-electron chi connectivity index (χ4n) is 3.14. The number of anilines is 4. The van der Waals surface area contributed by atoms with Crippen LogP contribution in [-0.4, -0.2) is 42.3 Å². The van der Waals surface area contributed by atoms with Gasteiger partial charge in [0.05, 0.1) is 0 Å². The minimum Gasteiger partial charge on any atom is -0.486 e. The van der Waals surface area contributed by atoms with E-state index in [-0.39, 0.29) is 6.03 Å². The van der Waals surface area contributed by atoms with E-state index in [1.54, 1.807) is 18.2 Å². The molecule has 4 rings (SSSR count). The van der Waals surface area contributed by atoms with Crippen molar-refractivity contribution in [2.24, 2.45) is 0 Å². The lowest BCUT2D eigenvalue weighted by Crippen LogP contribution is -2.32. The van der Waals surface area contributed by atoms with Gasteiger partial charge in [0.15, 0.2) is 11.5 Å². The van der Waals surface area contributed by atoms with Gasteiger partial charge in [-0.15, -0.1) is 0 Å². The van der Waals surface area contributed by atoms with Crippen molar-refractivity contribution in [2.45, 2.75) is 13.8 Å². The predicted molar refractivity (Wildman–Crippen MR) is 124 cm³/mol. The Kier molecular flexibility index (Phi) is 6.54. The lowest BCUT2D eigenvalue weighted by Gasteiger charge is -2.19. The van der Waals surface area contributed by atoms with Crippen molar-refractivity contribution in [3.63, 3.8) is 0 Å². The van der Waals surface area contributed by atoms with Gasteiger partial charge in [-0.3, -0.25) is 0 Å².